The number of nitrogens with one attached hydrogen (secondary N) is 1. The summed E-state index contributed by atoms with van der Waals surface area (Å²) in [5.41, 5.74) is 2.57. The summed E-state index contributed by atoms with van der Waals surface area (Å²) in [6.45, 7) is 2.13. The molecule has 0 atom stereocenters. The molecule has 2 aromatic carbocycles. The molecule has 0 spiro atoms. The van der Waals surface area contributed by atoms with Crippen molar-refractivity contribution in [2.45, 2.75) is 13.5 Å². The third-order valence-corrected chi connectivity index (χ3v) is 4.25. The quantitative estimate of drug-likeness (QED) is 0.713. The maximum absolute atomic E-state index is 12.4. The minimum absolute atomic E-state index is 0.245. The van der Waals surface area contributed by atoms with E-state index in [2.05, 4.69) is 10.1 Å². The Bertz CT molecular complexity index is 944. The lowest BCUT2D eigenvalue weighted by atomic mass is 10.1. The zero-order valence-corrected chi connectivity index (χ0v) is 14.5. The number of para-hydroxylation sites is 1. The van der Waals surface area contributed by atoms with Gasteiger partial charge in [-0.15, -0.1) is 0 Å². The van der Waals surface area contributed by atoms with Crippen LogP contribution in [0.4, 0.5) is 0 Å². The SMILES string of the molecule is COC(=O)c1ccc(CNC(=O)c2oc3c(Cl)cccc3c2C)cc1. The van der Waals surface area contributed by atoms with Gasteiger partial charge in [0.15, 0.2) is 11.3 Å². The molecule has 0 bridgehead atoms. The molecular weight excluding hydrogens is 342 g/mol. The van der Waals surface area contributed by atoms with Crippen LogP contribution in [0, 0.1) is 6.92 Å². The number of carbonyl (C=O) groups excluding carboxylic acids is 2. The zero-order chi connectivity index (χ0) is 18.0. The van der Waals surface area contributed by atoms with Crippen molar-refractivity contribution in [1.82, 2.24) is 5.32 Å². The van der Waals surface area contributed by atoms with Gasteiger partial charge < -0.3 is 14.5 Å². The van der Waals surface area contributed by atoms with E-state index in [1.54, 1.807) is 30.3 Å². The van der Waals surface area contributed by atoms with E-state index in [-0.39, 0.29) is 11.7 Å². The molecule has 0 saturated carbocycles. The number of carbonyl (C=O) groups is 2. The number of furan rings is 1. The van der Waals surface area contributed by atoms with Crippen LogP contribution in [0.3, 0.4) is 0 Å². The summed E-state index contributed by atoms with van der Waals surface area (Å²) in [6, 6.07) is 12.2. The van der Waals surface area contributed by atoms with E-state index in [1.165, 1.54) is 7.11 Å². The number of esters is 1. The average molecular weight is 358 g/mol. The molecule has 128 valence electrons. The fourth-order valence-corrected chi connectivity index (χ4v) is 2.78. The van der Waals surface area contributed by atoms with Gasteiger partial charge in [-0.2, -0.15) is 0 Å². The van der Waals surface area contributed by atoms with Crippen LogP contribution in [0.25, 0.3) is 11.0 Å². The van der Waals surface area contributed by atoms with Gasteiger partial charge in [0.25, 0.3) is 5.91 Å². The van der Waals surface area contributed by atoms with Gasteiger partial charge in [0.1, 0.15) is 0 Å². The Balaban J connectivity index is 1.74. The molecule has 1 aromatic heterocycles. The maximum atomic E-state index is 12.4. The van der Waals surface area contributed by atoms with E-state index in [9.17, 15) is 9.59 Å². The number of amides is 1. The van der Waals surface area contributed by atoms with Crippen LogP contribution in [0.15, 0.2) is 46.9 Å². The number of rotatable bonds is 4. The second kappa shape index (κ2) is 6.99. The van der Waals surface area contributed by atoms with E-state index in [0.717, 1.165) is 16.5 Å². The fourth-order valence-electron chi connectivity index (χ4n) is 2.56. The highest BCUT2D eigenvalue weighted by atomic mass is 35.5. The van der Waals surface area contributed by atoms with Gasteiger partial charge in [-0.25, -0.2) is 4.79 Å². The molecular formula is C19H16ClNO4. The van der Waals surface area contributed by atoms with Gasteiger partial charge in [-0.3, -0.25) is 4.79 Å². The lowest BCUT2D eigenvalue weighted by Gasteiger charge is -2.05. The number of halogens is 1. The Kier molecular flexibility index (Phi) is 4.76. The first kappa shape index (κ1) is 17.0. The lowest BCUT2D eigenvalue weighted by molar-refractivity contribution is 0.0600. The van der Waals surface area contributed by atoms with Crippen LogP contribution in [0.5, 0.6) is 0 Å². The van der Waals surface area contributed by atoms with Crippen LogP contribution < -0.4 is 5.32 Å². The van der Waals surface area contributed by atoms with Crippen LogP contribution in [0.1, 0.15) is 32.0 Å². The highest BCUT2D eigenvalue weighted by Crippen LogP contribution is 2.30. The number of ether oxygens (including phenoxy) is 1. The van der Waals surface area contributed by atoms with Crippen molar-refractivity contribution in [1.29, 1.82) is 0 Å². The van der Waals surface area contributed by atoms with E-state index >= 15 is 0 Å². The molecule has 1 heterocycles. The minimum atomic E-state index is -0.398. The number of methoxy groups -OCH3 is 1. The van der Waals surface area contributed by atoms with Gasteiger partial charge in [0, 0.05) is 17.5 Å². The number of hydrogen-bond acceptors (Lipinski definition) is 4. The highest BCUT2D eigenvalue weighted by molar-refractivity contribution is 6.35. The summed E-state index contributed by atoms with van der Waals surface area (Å²) in [6.07, 6.45) is 0. The molecule has 0 radical (unpaired) electrons. The Hall–Kier alpha value is -2.79. The first-order chi connectivity index (χ1) is 12.0. The minimum Gasteiger partial charge on any atom is -0.465 e. The molecule has 5 nitrogen and oxygen atoms in total. The first-order valence-electron chi connectivity index (χ1n) is 7.64. The van der Waals surface area contributed by atoms with Gasteiger partial charge in [0.2, 0.25) is 0 Å². The topological polar surface area (TPSA) is 68.5 Å². The number of hydrogen-bond donors (Lipinski definition) is 1. The molecule has 25 heavy (non-hydrogen) atoms. The normalized spacial score (nSPS) is 10.7. The van der Waals surface area contributed by atoms with Crippen molar-refractivity contribution < 1.29 is 18.7 Å². The van der Waals surface area contributed by atoms with Crippen molar-refractivity contribution in [3.8, 4) is 0 Å². The highest BCUT2D eigenvalue weighted by Gasteiger charge is 2.18. The van der Waals surface area contributed by atoms with Crippen LogP contribution in [-0.4, -0.2) is 19.0 Å². The molecule has 0 aliphatic heterocycles. The van der Waals surface area contributed by atoms with Crippen molar-refractivity contribution in [2.24, 2.45) is 0 Å². The molecule has 1 amide bonds. The Morgan fingerprint density at radius 3 is 2.52 bits per heavy atom. The predicted octanol–water partition coefficient (Wildman–Crippen LogP) is 4.11. The first-order valence-corrected chi connectivity index (χ1v) is 8.02. The van der Waals surface area contributed by atoms with Crippen LogP contribution in [0.2, 0.25) is 5.02 Å². The predicted molar refractivity (Wildman–Crippen MR) is 94.9 cm³/mol. The summed E-state index contributed by atoms with van der Waals surface area (Å²) >= 11 is 6.11. The molecule has 0 aliphatic carbocycles. The molecule has 0 aliphatic rings. The maximum Gasteiger partial charge on any atom is 0.337 e. The summed E-state index contributed by atoms with van der Waals surface area (Å²) in [7, 11) is 1.33. The third-order valence-electron chi connectivity index (χ3n) is 3.95. The van der Waals surface area contributed by atoms with Gasteiger partial charge in [0.05, 0.1) is 17.7 Å². The Labute approximate surface area is 149 Å². The fraction of sp³-hybridized carbons (Fsp3) is 0.158. The van der Waals surface area contributed by atoms with Gasteiger partial charge in [-0.1, -0.05) is 35.9 Å². The van der Waals surface area contributed by atoms with E-state index < -0.39 is 5.97 Å². The van der Waals surface area contributed by atoms with Crippen LogP contribution in [-0.2, 0) is 11.3 Å². The second-order valence-electron chi connectivity index (χ2n) is 5.54. The molecule has 0 saturated heterocycles. The van der Waals surface area contributed by atoms with Crippen molar-refractivity contribution in [2.75, 3.05) is 7.11 Å². The smallest absolute Gasteiger partial charge is 0.337 e. The monoisotopic (exact) mass is 357 g/mol. The summed E-state index contributed by atoms with van der Waals surface area (Å²) in [4.78, 5) is 23.8. The summed E-state index contributed by atoms with van der Waals surface area (Å²) < 4.78 is 10.3. The van der Waals surface area contributed by atoms with E-state index in [1.807, 2.05) is 19.1 Å². The Morgan fingerprint density at radius 1 is 1.16 bits per heavy atom. The molecule has 3 aromatic rings. The molecule has 0 fully saturated rings. The van der Waals surface area contributed by atoms with E-state index in [4.69, 9.17) is 16.0 Å². The average Bonchev–Trinajstić information content (AvgIpc) is 2.98. The molecule has 0 unspecified atom stereocenters. The van der Waals surface area contributed by atoms with E-state index in [0.29, 0.717) is 22.7 Å². The van der Waals surface area contributed by atoms with Crippen molar-refractivity contribution >= 4 is 34.4 Å². The molecule has 3 rings (SSSR count). The van der Waals surface area contributed by atoms with Crippen molar-refractivity contribution in [3.63, 3.8) is 0 Å². The number of aryl methyl sites for hydroxylation is 1. The summed E-state index contributed by atoms with van der Waals surface area (Å²) in [5.74, 6) is -0.471. The van der Waals surface area contributed by atoms with Crippen LogP contribution >= 0.6 is 11.6 Å². The molecule has 1 N–H and O–H groups in total. The van der Waals surface area contributed by atoms with Gasteiger partial charge in [-0.05, 0) is 30.7 Å². The third kappa shape index (κ3) is 3.37. The number of benzene rings is 2. The lowest BCUT2D eigenvalue weighted by Crippen LogP contribution is -2.23. The number of fused-ring (bicyclic) bond motifs is 1. The standard InChI is InChI=1S/C19H16ClNO4/c1-11-14-4-3-5-15(20)17(14)25-16(11)18(22)21-10-12-6-8-13(9-7-12)19(23)24-2/h3-9H,10H2,1-2H3,(H,21,22). The van der Waals surface area contributed by atoms with Gasteiger partial charge >= 0.3 is 5.97 Å². The largest absolute Gasteiger partial charge is 0.465 e. The van der Waals surface area contributed by atoms with Crippen molar-refractivity contribution in [3.05, 3.63) is 69.9 Å². The Morgan fingerprint density at radius 2 is 1.88 bits per heavy atom. The zero-order valence-electron chi connectivity index (χ0n) is 13.8. The second-order valence-corrected chi connectivity index (χ2v) is 5.95. The molecule has 6 heteroatoms. The summed E-state index contributed by atoms with van der Waals surface area (Å²) in [5, 5.41) is 4.10.